The predicted octanol–water partition coefficient (Wildman–Crippen LogP) is 3.45. The minimum atomic E-state index is -0.645. The summed E-state index contributed by atoms with van der Waals surface area (Å²) in [5, 5.41) is 14.8. The molecule has 6 nitrogen and oxygen atoms in total. The first-order chi connectivity index (χ1) is 13.6. The lowest BCUT2D eigenvalue weighted by molar-refractivity contribution is -0.127. The lowest BCUT2D eigenvalue weighted by Crippen LogP contribution is -2.42. The molecule has 2 amide bonds. The highest BCUT2D eigenvalue weighted by Crippen LogP contribution is 2.47. The normalized spacial score (nSPS) is 18.9. The summed E-state index contributed by atoms with van der Waals surface area (Å²) in [6.45, 7) is 1.67. The second kappa shape index (κ2) is 7.90. The Bertz CT molecular complexity index is 974. The largest absolute Gasteiger partial charge is 0.344 e. The number of carbonyl (C=O) groups excluding carboxylic acids is 2. The highest BCUT2D eigenvalue weighted by Gasteiger charge is 2.44. The molecule has 7 heteroatoms. The third-order valence-corrected chi connectivity index (χ3v) is 5.67. The zero-order valence-electron chi connectivity index (χ0n) is 15.3. The zero-order valence-corrected chi connectivity index (χ0v) is 16.1. The minimum Gasteiger partial charge on any atom is -0.344 e. The van der Waals surface area contributed by atoms with Crippen molar-refractivity contribution in [3.05, 3.63) is 66.2 Å². The smallest absolute Gasteiger partial charge is 0.248 e. The summed E-state index contributed by atoms with van der Waals surface area (Å²) in [6, 6.07) is 19.0. The maximum Gasteiger partial charge on any atom is 0.248 e. The molecule has 1 aliphatic rings. The first-order valence-electron chi connectivity index (χ1n) is 9.17. The number of nitrogens with one attached hydrogen (secondary N) is 2. The van der Waals surface area contributed by atoms with Crippen molar-refractivity contribution in [3.8, 4) is 10.6 Å². The number of anilines is 1. The van der Waals surface area contributed by atoms with Crippen LogP contribution in [0.3, 0.4) is 0 Å². The van der Waals surface area contributed by atoms with Crippen molar-refractivity contribution in [3.63, 3.8) is 0 Å². The molecule has 0 spiro atoms. The number of hydrogen-bond acceptors (Lipinski definition) is 5. The fraction of sp³-hybridized carbons (Fsp3) is 0.238. The van der Waals surface area contributed by atoms with Crippen LogP contribution < -0.4 is 10.6 Å². The maximum atomic E-state index is 12.4. The van der Waals surface area contributed by atoms with E-state index in [1.54, 1.807) is 6.92 Å². The molecule has 2 aromatic carbocycles. The van der Waals surface area contributed by atoms with E-state index in [0.29, 0.717) is 5.13 Å². The number of hydrogen-bond donors (Lipinski definition) is 2. The Morgan fingerprint density at radius 1 is 1.04 bits per heavy atom. The van der Waals surface area contributed by atoms with Crippen LogP contribution in [0.2, 0.25) is 0 Å². The van der Waals surface area contributed by atoms with Gasteiger partial charge in [-0.05, 0) is 24.8 Å². The first-order valence-corrected chi connectivity index (χ1v) is 9.98. The SMILES string of the molecule is C[C@H](NC(=O)[C@H]1C[C@H]1c1ccccc1)C(=O)Nc1nnc(-c2ccccc2)s1. The van der Waals surface area contributed by atoms with E-state index in [2.05, 4.69) is 20.8 Å². The molecule has 4 rings (SSSR count). The van der Waals surface area contributed by atoms with Gasteiger partial charge in [0.2, 0.25) is 16.9 Å². The van der Waals surface area contributed by atoms with E-state index in [0.717, 1.165) is 17.0 Å². The highest BCUT2D eigenvalue weighted by molar-refractivity contribution is 7.18. The molecular weight excluding hydrogens is 372 g/mol. The van der Waals surface area contributed by atoms with Crippen molar-refractivity contribution in [1.29, 1.82) is 0 Å². The van der Waals surface area contributed by atoms with Crippen LogP contribution in [0.1, 0.15) is 24.8 Å². The summed E-state index contributed by atoms with van der Waals surface area (Å²) in [5.74, 6) is -0.211. The van der Waals surface area contributed by atoms with Gasteiger partial charge in [-0.3, -0.25) is 14.9 Å². The molecule has 0 aliphatic heterocycles. The molecule has 0 radical (unpaired) electrons. The van der Waals surface area contributed by atoms with E-state index in [9.17, 15) is 9.59 Å². The van der Waals surface area contributed by atoms with Gasteiger partial charge in [-0.2, -0.15) is 0 Å². The molecule has 28 heavy (non-hydrogen) atoms. The van der Waals surface area contributed by atoms with Gasteiger partial charge in [0.1, 0.15) is 11.0 Å². The molecule has 3 atom stereocenters. The van der Waals surface area contributed by atoms with Crippen LogP contribution in [0, 0.1) is 5.92 Å². The molecule has 1 aromatic heterocycles. The Morgan fingerprint density at radius 2 is 1.71 bits per heavy atom. The van der Waals surface area contributed by atoms with E-state index >= 15 is 0 Å². The van der Waals surface area contributed by atoms with E-state index in [1.165, 1.54) is 16.9 Å². The number of rotatable bonds is 6. The Labute approximate surface area is 167 Å². The molecule has 0 saturated heterocycles. The van der Waals surface area contributed by atoms with Gasteiger partial charge in [-0.1, -0.05) is 72.0 Å². The van der Waals surface area contributed by atoms with Gasteiger partial charge in [-0.25, -0.2) is 0 Å². The van der Waals surface area contributed by atoms with Gasteiger partial charge in [0, 0.05) is 11.5 Å². The molecule has 0 unspecified atom stereocenters. The highest BCUT2D eigenvalue weighted by atomic mass is 32.1. The summed E-state index contributed by atoms with van der Waals surface area (Å²) >= 11 is 1.30. The van der Waals surface area contributed by atoms with Gasteiger partial charge in [0.15, 0.2) is 0 Å². The lowest BCUT2D eigenvalue weighted by Gasteiger charge is -2.12. The average molecular weight is 392 g/mol. The number of amides is 2. The van der Waals surface area contributed by atoms with Crippen LogP contribution >= 0.6 is 11.3 Å². The predicted molar refractivity (Wildman–Crippen MR) is 109 cm³/mol. The van der Waals surface area contributed by atoms with Crippen molar-refractivity contribution in [2.75, 3.05) is 5.32 Å². The van der Waals surface area contributed by atoms with Crippen molar-refractivity contribution in [2.45, 2.75) is 25.3 Å². The standard InChI is InChI=1S/C21H20N4O2S/c1-13(22-19(27)17-12-16(17)14-8-4-2-5-9-14)18(26)23-21-25-24-20(28-21)15-10-6-3-7-11-15/h2-11,13,16-17H,12H2,1H3,(H,22,27)(H,23,25,26)/t13-,16-,17-/m0/s1. The zero-order chi connectivity index (χ0) is 19.5. The van der Waals surface area contributed by atoms with Crippen molar-refractivity contribution in [2.24, 2.45) is 5.92 Å². The Balaban J connectivity index is 1.31. The first kappa shape index (κ1) is 18.3. The van der Waals surface area contributed by atoms with Crippen molar-refractivity contribution >= 4 is 28.3 Å². The summed E-state index contributed by atoms with van der Waals surface area (Å²) in [6.07, 6.45) is 0.820. The second-order valence-electron chi connectivity index (χ2n) is 6.86. The summed E-state index contributed by atoms with van der Waals surface area (Å²) < 4.78 is 0. The van der Waals surface area contributed by atoms with Crippen LogP contribution in [0.4, 0.5) is 5.13 Å². The molecule has 0 bridgehead atoms. The van der Waals surface area contributed by atoms with E-state index in [-0.39, 0.29) is 23.7 Å². The lowest BCUT2D eigenvalue weighted by atomic mass is 10.1. The van der Waals surface area contributed by atoms with Gasteiger partial charge in [0.25, 0.3) is 0 Å². The quantitative estimate of drug-likeness (QED) is 0.673. The minimum absolute atomic E-state index is 0.0659. The van der Waals surface area contributed by atoms with Crippen LogP contribution in [-0.4, -0.2) is 28.1 Å². The Kier molecular flexibility index (Phi) is 5.16. The van der Waals surface area contributed by atoms with E-state index in [4.69, 9.17) is 0 Å². The Morgan fingerprint density at radius 3 is 2.43 bits per heavy atom. The number of carbonyl (C=O) groups is 2. The van der Waals surface area contributed by atoms with Gasteiger partial charge < -0.3 is 5.32 Å². The monoisotopic (exact) mass is 392 g/mol. The Hall–Kier alpha value is -3.06. The summed E-state index contributed by atoms with van der Waals surface area (Å²) in [7, 11) is 0. The topological polar surface area (TPSA) is 84.0 Å². The molecule has 1 heterocycles. The molecule has 1 aliphatic carbocycles. The molecule has 1 saturated carbocycles. The van der Waals surface area contributed by atoms with Gasteiger partial charge >= 0.3 is 0 Å². The number of aromatic nitrogens is 2. The maximum absolute atomic E-state index is 12.4. The number of nitrogens with zero attached hydrogens (tertiary/aromatic N) is 2. The van der Waals surface area contributed by atoms with Crippen molar-refractivity contribution in [1.82, 2.24) is 15.5 Å². The van der Waals surface area contributed by atoms with Crippen LogP contribution in [0.25, 0.3) is 10.6 Å². The van der Waals surface area contributed by atoms with E-state index < -0.39 is 6.04 Å². The fourth-order valence-electron chi connectivity index (χ4n) is 3.12. The third-order valence-electron chi connectivity index (χ3n) is 4.78. The van der Waals surface area contributed by atoms with Gasteiger partial charge in [-0.15, -0.1) is 10.2 Å². The second-order valence-corrected chi connectivity index (χ2v) is 7.83. The molecular formula is C21H20N4O2S. The third kappa shape index (κ3) is 4.09. The van der Waals surface area contributed by atoms with Crippen LogP contribution in [0.5, 0.6) is 0 Å². The molecule has 2 N–H and O–H groups in total. The molecule has 1 fully saturated rings. The van der Waals surface area contributed by atoms with Gasteiger partial charge in [0.05, 0.1) is 0 Å². The summed E-state index contributed by atoms with van der Waals surface area (Å²) in [4.78, 5) is 24.8. The van der Waals surface area contributed by atoms with Crippen LogP contribution in [-0.2, 0) is 9.59 Å². The van der Waals surface area contributed by atoms with E-state index in [1.807, 2.05) is 60.7 Å². The average Bonchev–Trinajstić information content (AvgIpc) is 3.41. The molecule has 3 aromatic rings. The van der Waals surface area contributed by atoms with Crippen LogP contribution in [0.15, 0.2) is 60.7 Å². The number of benzene rings is 2. The summed E-state index contributed by atoms with van der Waals surface area (Å²) in [5.41, 5.74) is 2.12. The fourth-order valence-corrected chi connectivity index (χ4v) is 3.88. The van der Waals surface area contributed by atoms with Crippen molar-refractivity contribution < 1.29 is 9.59 Å². The molecule has 142 valence electrons.